The summed E-state index contributed by atoms with van der Waals surface area (Å²) in [4.78, 5) is 41.9. The highest BCUT2D eigenvalue weighted by atomic mass is 16.2. The molecule has 2 aromatic carbocycles. The summed E-state index contributed by atoms with van der Waals surface area (Å²) < 4.78 is 2.24. The Bertz CT molecular complexity index is 1180. The predicted molar refractivity (Wildman–Crippen MR) is 127 cm³/mol. The van der Waals surface area contributed by atoms with E-state index >= 15 is 0 Å². The van der Waals surface area contributed by atoms with Crippen LogP contribution in [0, 0.1) is 0 Å². The third kappa shape index (κ3) is 5.05. The van der Waals surface area contributed by atoms with Crippen molar-refractivity contribution in [3.8, 4) is 0 Å². The summed E-state index contributed by atoms with van der Waals surface area (Å²) in [6.07, 6.45) is 1.91. The first-order chi connectivity index (χ1) is 15.9. The van der Waals surface area contributed by atoms with Crippen LogP contribution in [0.15, 0.2) is 48.5 Å². The molecule has 8 heteroatoms. The molecule has 0 spiro atoms. The van der Waals surface area contributed by atoms with Gasteiger partial charge in [0.2, 0.25) is 11.8 Å². The quantitative estimate of drug-likeness (QED) is 0.461. The maximum Gasteiger partial charge on any atom is 0.254 e. The summed E-state index contributed by atoms with van der Waals surface area (Å²) in [6.45, 7) is 4.80. The number of amides is 3. The van der Waals surface area contributed by atoms with E-state index in [1.807, 2.05) is 18.2 Å². The molecule has 1 aromatic heterocycles. The Hall–Kier alpha value is -3.68. The molecular formula is C25H29N5O3. The number of anilines is 1. The highest BCUT2D eigenvalue weighted by Gasteiger charge is 2.27. The SMILES string of the molecule is CC(C)n1c(CCCNC(=O)CC[C@@H]2NC(=O)c3ccccc3NC2=O)nc2ccccc21. The minimum absolute atomic E-state index is 0.142. The summed E-state index contributed by atoms with van der Waals surface area (Å²) in [5.74, 6) is 0.241. The maximum absolute atomic E-state index is 12.4. The first-order valence-corrected chi connectivity index (χ1v) is 11.4. The number of hydrogen-bond acceptors (Lipinski definition) is 4. The van der Waals surface area contributed by atoms with Gasteiger partial charge in [0.15, 0.2) is 0 Å². The molecule has 0 bridgehead atoms. The van der Waals surface area contributed by atoms with Crippen molar-refractivity contribution in [3.05, 3.63) is 59.9 Å². The highest BCUT2D eigenvalue weighted by Crippen LogP contribution is 2.22. The Morgan fingerprint density at radius 2 is 1.88 bits per heavy atom. The lowest BCUT2D eigenvalue weighted by Crippen LogP contribution is -2.42. The number of imidazole rings is 1. The number of aromatic nitrogens is 2. The largest absolute Gasteiger partial charge is 0.356 e. The number of para-hydroxylation sites is 3. The average molecular weight is 448 g/mol. The highest BCUT2D eigenvalue weighted by molar-refractivity contribution is 6.09. The average Bonchev–Trinajstić information content (AvgIpc) is 3.12. The first-order valence-electron chi connectivity index (χ1n) is 11.4. The van der Waals surface area contributed by atoms with Gasteiger partial charge in [-0.05, 0) is 51.0 Å². The maximum atomic E-state index is 12.4. The van der Waals surface area contributed by atoms with Gasteiger partial charge < -0.3 is 20.5 Å². The van der Waals surface area contributed by atoms with Crippen LogP contribution in [0.5, 0.6) is 0 Å². The van der Waals surface area contributed by atoms with Gasteiger partial charge in [-0.15, -0.1) is 0 Å². The first kappa shape index (κ1) is 22.5. The molecule has 33 heavy (non-hydrogen) atoms. The molecule has 0 fully saturated rings. The smallest absolute Gasteiger partial charge is 0.254 e. The van der Waals surface area contributed by atoms with E-state index in [2.05, 4.69) is 40.4 Å². The third-order valence-corrected chi connectivity index (χ3v) is 5.80. The molecule has 0 radical (unpaired) electrons. The second kappa shape index (κ2) is 9.85. The molecule has 0 saturated carbocycles. The Morgan fingerprint density at radius 1 is 1.12 bits per heavy atom. The molecule has 0 saturated heterocycles. The van der Waals surface area contributed by atoms with Crippen LogP contribution in [-0.4, -0.2) is 39.9 Å². The van der Waals surface area contributed by atoms with Gasteiger partial charge in [0, 0.05) is 25.4 Å². The number of fused-ring (bicyclic) bond motifs is 2. The van der Waals surface area contributed by atoms with Crippen molar-refractivity contribution >= 4 is 34.4 Å². The Labute approximate surface area is 192 Å². The van der Waals surface area contributed by atoms with Crippen LogP contribution < -0.4 is 16.0 Å². The number of nitrogens with one attached hydrogen (secondary N) is 3. The van der Waals surface area contributed by atoms with E-state index in [4.69, 9.17) is 4.98 Å². The van der Waals surface area contributed by atoms with Crippen molar-refractivity contribution in [2.24, 2.45) is 0 Å². The minimum atomic E-state index is -0.749. The zero-order valence-corrected chi connectivity index (χ0v) is 18.9. The Balaban J connectivity index is 1.25. The van der Waals surface area contributed by atoms with E-state index in [0.717, 1.165) is 29.7 Å². The molecule has 0 unspecified atom stereocenters. The predicted octanol–water partition coefficient (Wildman–Crippen LogP) is 3.20. The van der Waals surface area contributed by atoms with Gasteiger partial charge in [-0.1, -0.05) is 24.3 Å². The molecule has 8 nitrogen and oxygen atoms in total. The minimum Gasteiger partial charge on any atom is -0.356 e. The van der Waals surface area contributed by atoms with Gasteiger partial charge in [-0.25, -0.2) is 4.98 Å². The Kier molecular flexibility index (Phi) is 6.72. The fourth-order valence-corrected chi connectivity index (χ4v) is 4.20. The fraction of sp³-hybridized carbons (Fsp3) is 0.360. The number of carbonyl (C=O) groups excluding carboxylic acids is 3. The van der Waals surface area contributed by atoms with Crippen LogP contribution >= 0.6 is 0 Å². The summed E-state index contributed by atoms with van der Waals surface area (Å²) in [5, 5.41) is 8.39. The van der Waals surface area contributed by atoms with E-state index in [0.29, 0.717) is 23.8 Å². The van der Waals surface area contributed by atoms with Gasteiger partial charge in [-0.3, -0.25) is 14.4 Å². The molecule has 172 valence electrons. The number of hydrogen-bond donors (Lipinski definition) is 3. The van der Waals surface area contributed by atoms with Crippen molar-refractivity contribution in [3.63, 3.8) is 0 Å². The molecule has 1 aliphatic rings. The van der Waals surface area contributed by atoms with Crippen LogP contribution in [-0.2, 0) is 16.0 Å². The van der Waals surface area contributed by atoms with Crippen molar-refractivity contribution < 1.29 is 14.4 Å². The van der Waals surface area contributed by atoms with Crippen LogP contribution in [0.4, 0.5) is 5.69 Å². The van der Waals surface area contributed by atoms with Crippen molar-refractivity contribution in [1.82, 2.24) is 20.2 Å². The number of benzene rings is 2. The normalized spacial score (nSPS) is 15.7. The standard InChI is InChI=1S/C25H29N5O3/c1-16(2)30-21-11-6-5-10-19(21)27-22(30)12-7-15-26-23(31)14-13-20-25(33)28-18-9-4-3-8-17(18)24(32)29-20/h3-6,8-11,16,20H,7,12-15H2,1-2H3,(H,26,31)(H,28,33)(H,29,32)/t20-/m0/s1. The van der Waals surface area contributed by atoms with E-state index < -0.39 is 6.04 Å². The van der Waals surface area contributed by atoms with Gasteiger partial charge in [-0.2, -0.15) is 0 Å². The second-order valence-electron chi connectivity index (χ2n) is 8.53. The lowest BCUT2D eigenvalue weighted by atomic mass is 10.1. The second-order valence-corrected chi connectivity index (χ2v) is 8.53. The Morgan fingerprint density at radius 3 is 2.70 bits per heavy atom. The monoisotopic (exact) mass is 447 g/mol. The van der Waals surface area contributed by atoms with Crippen molar-refractivity contribution in [1.29, 1.82) is 0 Å². The van der Waals surface area contributed by atoms with Crippen LogP contribution in [0.25, 0.3) is 11.0 Å². The number of carbonyl (C=O) groups is 3. The summed E-state index contributed by atoms with van der Waals surface area (Å²) in [7, 11) is 0. The molecule has 3 N–H and O–H groups in total. The van der Waals surface area contributed by atoms with Crippen molar-refractivity contribution in [2.75, 3.05) is 11.9 Å². The van der Waals surface area contributed by atoms with Gasteiger partial charge in [0.05, 0.1) is 22.3 Å². The molecule has 4 rings (SSSR count). The fourth-order valence-electron chi connectivity index (χ4n) is 4.20. The molecule has 2 heterocycles. The molecule has 3 amide bonds. The molecule has 3 aromatic rings. The van der Waals surface area contributed by atoms with E-state index in [1.165, 1.54) is 0 Å². The van der Waals surface area contributed by atoms with E-state index in [1.54, 1.807) is 24.3 Å². The van der Waals surface area contributed by atoms with E-state index in [9.17, 15) is 14.4 Å². The van der Waals surface area contributed by atoms with Crippen LogP contribution in [0.1, 0.15) is 55.3 Å². The number of nitrogens with zero attached hydrogens (tertiary/aromatic N) is 2. The van der Waals surface area contributed by atoms with Gasteiger partial charge in [0.25, 0.3) is 5.91 Å². The molecule has 1 aliphatic heterocycles. The number of rotatable bonds is 8. The van der Waals surface area contributed by atoms with E-state index in [-0.39, 0.29) is 30.6 Å². The summed E-state index contributed by atoms with van der Waals surface area (Å²) >= 11 is 0. The molecule has 0 aliphatic carbocycles. The summed E-state index contributed by atoms with van der Waals surface area (Å²) in [5.41, 5.74) is 3.01. The molecule has 1 atom stereocenters. The topological polar surface area (TPSA) is 105 Å². The van der Waals surface area contributed by atoms with Gasteiger partial charge in [0.1, 0.15) is 11.9 Å². The zero-order chi connectivity index (χ0) is 23.4. The number of aryl methyl sites for hydroxylation is 1. The zero-order valence-electron chi connectivity index (χ0n) is 18.9. The van der Waals surface area contributed by atoms with Gasteiger partial charge >= 0.3 is 0 Å². The van der Waals surface area contributed by atoms with Crippen molar-refractivity contribution in [2.45, 2.75) is 51.6 Å². The lowest BCUT2D eigenvalue weighted by molar-refractivity contribution is -0.121. The lowest BCUT2D eigenvalue weighted by Gasteiger charge is -2.15. The van der Waals surface area contributed by atoms with Crippen LogP contribution in [0.3, 0.4) is 0 Å². The third-order valence-electron chi connectivity index (χ3n) is 5.80. The molecular weight excluding hydrogens is 418 g/mol. The van der Waals surface area contributed by atoms with Crippen LogP contribution in [0.2, 0.25) is 0 Å². The summed E-state index contributed by atoms with van der Waals surface area (Å²) in [6, 6.07) is 14.5.